The lowest BCUT2D eigenvalue weighted by Crippen LogP contribution is -2.31. The fourth-order valence-electron chi connectivity index (χ4n) is 0.853. The highest BCUT2D eigenvalue weighted by Crippen LogP contribution is 2.17. The van der Waals surface area contributed by atoms with E-state index in [4.69, 9.17) is 4.74 Å². The third kappa shape index (κ3) is 6.09. The van der Waals surface area contributed by atoms with Gasteiger partial charge in [0, 0.05) is 0 Å². The summed E-state index contributed by atoms with van der Waals surface area (Å²) < 4.78 is 5.14. The second-order valence-corrected chi connectivity index (χ2v) is 1.99. The summed E-state index contributed by atoms with van der Waals surface area (Å²) in [5, 5.41) is 0. The minimum Gasteiger partial charge on any atom is -0.375 e. The van der Waals surface area contributed by atoms with Crippen molar-refractivity contribution < 1.29 is 4.74 Å². The zero-order chi connectivity index (χ0) is 8.57. The zero-order valence-electron chi connectivity index (χ0n) is 8.27. The maximum Gasteiger partial charge on any atom is 0.0575 e. The Morgan fingerprint density at radius 1 is 0.900 bits per heavy atom. The molecule has 0 amide bonds. The van der Waals surface area contributed by atoms with Gasteiger partial charge in [0.15, 0.2) is 0 Å². The molecule has 0 bridgehead atoms. The van der Waals surface area contributed by atoms with Gasteiger partial charge in [0.05, 0.1) is 12.2 Å². The van der Waals surface area contributed by atoms with Crippen molar-refractivity contribution in [1.82, 2.24) is 0 Å². The van der Waals surface area contributed by atoms with Crippen LogP contribution in [0.4, 0.5) is 0 Å². The summed E-state index contributed by atoms with van der Waals surface area (Å²) in [6.45, 7) is 12.2. The molecule has 10 heavy (non-hydrogen) atoms. The van der Waals surface area contributed by atoms with Crippen LogP contribution in [0.3, 0.4) is 0 Å². The maximum absolute atomic E-state index is 5.14. The predicted octanol–water partition coefficient (Wildman–Crippen LogP) is 3.24. The van der Waals surface area contributed by atoms with E-state index in [1.54, 1.807) is 0 Å². The van der Waals surface area contributed by atoms with Crippen molar-refractivity contribution >= 4 is 0 Å². The van der Waals surface area contributed by atoms with Crippen molar-refractivity contribution in [1.29, 1.82) is 0 Å². The highest BCUT2D eigenvalue weighted by Gasteiger charge is 2.20. The third-order valence-corrected chi connectivity index (χ3v) is 1.13. The highest BCUT2D eigenvalue weighted by atomic mass is 16.5. The molecule has 1 aliphatic heterocycles. The van der Waals surface area contributed by atoms with E-state index in [1.807, 2.05) is 27.7 Å². The van der Waals surface area contributed by atoms with Gasteiger partial charge in [-0.1, -0.05) is 27.7 Å². The van der Waals surface area contributed by atoms with Crippen LogP contribution < -0.4 is 0 Å². The van der Waals surface area contributed by atoms with Gasteiger partial charge in [0.25, 0.3) is 0 Å². The molecule has 0 aromatic rings. The van der Waals surface area contributed by atoms with Crippen molar-refractivity contribution in [3.8, 4) is 0 Å². The van der Waals surface area contributed by atoms with Gasteiger partial charge in [-0.15, -0.1) is 0 Å². The lowest BCUT2D eigenvalue weighted by molar-refractivity contribution is -0.102. The van der Waals surface area contributed by atoms with Gasteiger partial charge in [-0.2, -0.15) is 0 Å². The molecule has 2 unspecified atom stereocenters. The molecule has 0 aromatic heterocycles. The van der Waals surface area contributed by atoms with Gasteiger partial charge in [-0.3, -0.25) is 0 Å². The summed E-state index contributed by atoms with van der Waals surface area (Å²) in [5.41, 5.74) is 0. The second-order valence-electron chi connectivity index (χ2n) is 1.99. The predicted molar refractivity (Wildman–Crippen MR) is 47.3 cm³/mol. The first kappa shape index (κ1) is 12.6. The van der Waals surface area contributed by atoms with E-state index < -0.39 is 0 Å². The SMILES string of the molecule is CC.CC.CC1CC(C)O1. The number of ether oxygens (including phenoxy) is 1. The maximum atomic E-state index is 5.14. The Kier molecular flexibility index (Phi) is 11.3. The van der Waals surface area contributed by atoms with E-state index in [0.29, 0.717) is 12.2 Å². The second kappa shape index (κ2) is 8.96. The molecule has 1 rings (SSSR count). The molecule has 64 valence electrons. The van der Waals surface area contributed by atoms with Crippen LogP contribution in [0.15, 0.2) is 0 Å². The monoisotopic (exact) mass is 146 g/mol. The largest absolute Gasteiger partial charge is 0.375 e. The topological polar surface area (TPSA) is 9.23 Å². The van der Waals surface area contributed by atoms with Gasteiger partial charge in [-0.05, 0) is 20.3 Å². The summed E-state index contributed by atoms with van der Waals surface area (Å²) in [6.07, 6.45) is 2.33. The first-order chi connectivity index (χ1) is 4.79. The minimum atomic E-state index is 0.542. The molecule has 1 heterocycles. The summed E-state index contributed by atoms with van der Waals surface area (Å²) >= 11 is 0. The van der Waals surface area contributed by atoms with Crippen LogP contribution in [0.5, 0.6) is 0 Å². The molecule has 0 aromatic carbocycles. The van der Waals surface area contributed by atoms with Crippen LogP contribution in [0.1, 0.15) is 48.0 Å². The summed E-state index contributed by atoms with van der Waals surface area (Å²) in [5.74, 6) is 0. The van der Waals surface area contributed by atoms with Crippen LogP contribution in [0, 0.1) is 0 Å². The lowest BCUT2D eigenvalue weighted by Gasteiger charge is -2.30. The average Bonchev–Trinajstić information content (AvgIpc) is 1.95. The van der Waals surface area contributed by atoms with E-state index >= 15 is 0 Å². The molecule has 1 saturated heterocycles. The zero-order valence-corrected chi connectivity index (χ0v) is 8.27. The van der Waals surface area contributed by atoms with Crippen molar-refractivity contribution in [3.63, 3.8) is 0 Å². The molecular weight excluding hydrogens is 124 g/mol. The van der Waals surface area contributed by atoms with Crippen LogP contribution in [-0.4, -0.2) is 12.2 Å². The highest BCUT2D eigenvalue weighted by molar-refractivity contribution is 4.67. The molecule has 0 radical (unpaired) electrons. The van der Waals surface area contributed by atoms with Gasteiger partial charge < -0.3 is 4.74 Å². The van der Waals surface area contributed by atoms with Gasteiger partial charge in [-0.25, -0.2) is 0 Å². The Morgan fingerprint density at radius 3 is 1.10 bits per heavy atom. The lowest BCUT2D eigenvalue weighted by atomic mass is 10.1. The molecule has 2 atom stereocenters. The molecule has 0 aliphatic carbocycles. The Labute approximate surface area is 65.8 Å². The molecule has 1 nitrogen and oxygen atoms in total. The van der Waals surface area contributed by atoms with Crippen molar-refractivity contribution in [2.75, 3.05) is 0 Å². The minimum absolute atomic E-state index is 0.542. The third-order valence-electron chi connectivity index (χ3n) is 1.13. The average molecular weight is 146 g/mol. The van der Waals surface area contributed by atoms with E-state index in [9.17, 15) is 0 Å². The molecule has 0 N–H and O–H groups in total. The fourth-order valence-corrected chi connectivity index (χ4v) is 0.853. The van der Waals surface area contributed by atoms with E-state index in [2.05, 4.69) is 13.8 Å². The standard InChI is InChI=1S/C5H10O.2C2H6/c1-4-3-5(2)6-4;2*1-2/h4-5H,3H2,1-2H3;2*1-2H3. The molecule has 1 fully saturated rings. The fraction of sp³-hybridized carbons (Fsp3) is 1.00. The van der Waals surface area contributed by atoms with E-state index in [1.165, 1.54) is 6.42 Å². The molecular formula is C9H22O. The van der Waals surface area contributed by atoms with Gasteiger partial charge in [0.1, 0.15) is 0 Å². The Morgan fingerprint density at radius 2 is 1.10 bits per heavy atom. The number of rotatable bonds is 0. The van der Waals surface area contributed by atoms with Crippen LogP contribution in [-0.2, 0) is 4.74 Å². The summed E-state index contributed by atoms with van der Waals surface area (Å²) in [4.78, 5) is 0. The van der Waals surface area contributed by atoms with Gasteiger partial charge >= 0.3 is 0 Å². The summed E-state index contributed by atoms with van der Waals surface area (Å²) in [6, 6.07) is 0. The first-order valence-electron chi connectivity index (χ1n) is 4.44. The van der Waals surface area contributed by atoms with Crippen molar-refractivity contribution in [2.24, 2.45) is 0 Å². The molecule has 1 heteroatoms. The molecule has 0 saturated carbocycles. The molecule has 1 aliphatic rings. The Balaban J connectivity index is 0. The van der Waals surface area contributed by atoms with Crippen molar-refractivity contribution in [3.05, 3.63) is 0 Å². The first-order valence-corrected chi connectivity index (χ1v) is 4.44. The van der Waals surface area contributed by atoms with Gasteiger partial charge in [0.2, 0.25) is 0 Å². The number of hydrogen-bond acceptors (Lipinski definition) is 1. The van der Waals surface area contributed by atoms with Crippen molar-refractivity contribution in [2.45, 2.75) is 60.2 Å². The Bertz CT molecular complexity index is 40.7. The van der Waals surface area contributed by atoms with E-state index in [0.717, 1.165) is 0 Å². The van der Waals surface area contributed by atoms with E-state index in [-0.39, 0.29) is 0 Å². The quantitative estimate of drug-likeness (QED) is 0.510. The smallest absolute Gasteiger partial charge is 0.0575 e. The van der Waals surface area contributed by atoms with Crippen LogP contribution in [0.25, 0.3) is 0 Å². The van der Waals surface area contributed by atoms with Crippen LogP contribution in [0.2, 0.25) is 0 Å². The summed E-state index contributed by atoms with van der Waals surface area (Å²) in [7, 11) is 0. The van der Waals surface area contributed by atoms with Crippen LogP contribution >= 0.6 is 0 Å². The molecule has 0 spiro atoms. The normalized spacial score (nSPS) is 28.2. The Hall–Kier alpha value is -0.0400. The number of hydrogen-bond donors (Lipinski definition) is 0.